The number of sulfonamides is 2. The van der Waals surface area contributed by atoms with Crippen molar-refractivity contribution in [3.63, 3.8) is 0 Å². The van der Waals surface area contributed by atoms with E-state index in [1.807, 2.05) is 0 Å². The van der Waals surface area contributed by atoms with Gasteiger partial charge in [0.1, 0.15) is 8.42 Å². The first kappa shape index (κ1) is 21.4. The third-order valence-electron chi connectivity index (χ3n) is 4.00. The van der Waals surface area contributed by atoms with Crippen LogP contribution in [0.4, 0.5) is 11.4 Å². The minimum atomic E-state index is -3.97. The Bertz CT molecular complexity index is 1350. The van der Waals surface area contributed by atoms with Crippen LogP contribution in [0.3, 0.4) is 0 Å². The molecule has 0 saturated carbocycles. The lowest BCUT2D eigenvalue weighted by Crippen LogP contribution is -2.16. The van der Waals surface area contributed by atoms with Gasteiger partial charge < -0.3 is 0 Å². The average molecular weight is 519 g/mol. The van der Waals surface area contributed by atoms with E-state index in [9.17, 15) is 16.8 Å². The second-order valence-electron chi connectivity index (χ2n) is 6.07. The number of hydrogen-bond donors (Lipinski definition) is 2. The lowest BCUT2D eigenvalue weighted by atomic mass is 10.1. The SMILES string of the molecule is O=S(=O)(Nc1cc2ccccc2cc1NS(=O)(=O)c1ccc(Cl)s1)c1ccc(Cl)s1. The quantitative estimate of drug-likeness (QED) is 0.333. The molecule has 156 valence electrons. The van der Waals surface area contributed by atoms with Crippen molar-refractivity contribution >= 4 is 88.1 Å². The van der Waals surface area contributed by atoms with Crippen LogP contribution in [0.15, 0.2) is 69.1 Å². The summed E-state index contributed by atoms with van der Waals surface area (Å²) in [6.45, 7) is 0. The van der Waals surface area contributed by atoms with Crippen LogP contribution in [0.5, 0.6) is 0 Å². The topological polar surface area (TPSA) is 92.3 Å². The molecule has 0 aliphatic carbocycles. The number of anilines is 2. The fourth-order valence-corrected chi connectivity index (χ4v) is 7.79. The zero-order valence-corrected chi connectivity index (χ0v) is 19.6. The summed E-state index contributed by atoms with van der Waals surface area (Å²) >= 11 is 13.5. The highest BCUT2D eigenvalue weighted by atomic mass is 35.5. The second-order valence-corrected chi connectivity index (χ2v) is 13.3. The number of hydrogen-bond acceptors (Lipinski definition) is 6. The van der Waals surface area contributed by atoms with Gasteiger partial charge in [0.25, 0.3) is 20.0 Å². The predicted molar refractivity (Wildman–Crippen MR) is 124 cm³/mol. The summed E-state index contributed by atoms with van der Waals surface area (Å²) in [5.74, 6) is 0. The minimum absolute atomic E-state index is 0.0134. The Hall–Kier alpha value is -1.82. The van der Waals surface area contributed by atoms with Crippen molar-refractivity contribution < 1.29 is 16.8 Å². The molecule has 2 aromatic heterocycles. The highest BCUT2D eigenvalue weighted by Crippen LogP contribution is 2.35. The summed E-state index contributed by atoms with van der Waals surface area (Å²) < 4.78 is 56.8. The number of benzene rings is 2. The predicted octanol–water partition coefficient (Wildman–Crippen LogP) is 5.87. The van der Waals surface area contributed by atoms with E-state index in [2.05, 4.69) is 9.44 Å². The molecule has 2 N–H and O–H groups in total. The van der Waals surface area contributed by atoms with Crippen LogP contribution in [0.2, 0.25) is 8.67 Å². The molecular weight excluding hydrogens is 507 g/mol. The van der Waals surface area contributed by atoms with Gasteiger partial charge in [0.15, 0.2) is 0 Å². The summed E-state index contributed by atoms with van der Waals surface area (Å²) in [5.41, 5.74) is 0.175. The Morgan fingerprint density at radius 1 is 0.633 bits per heavy atom. The van der Waals surface area contributed by atoms with Crippen LogP contribution < -0.4 is 9.44 Å². The summed E-state index contributed by atoms with van der Waals surface area (Å²) in [6.07, 6.45) is 0. The molecular formula is C18H12Cl2N2O4S4. The third kappa shape index (κ3) is 4.43. The molecule has 0 saturated heterocycles. The maximum atomic E-state index is 12.8. The van der Waals surface area contributed by atoms with Crippen LogP contribution in [0, 0.1) is 0 Å². The van der Waals surface area contributed by atoms with E-state index in [4.69, 9.17) is 23.2 Å². The van der Waals surface area contributed by atoms with E-state index in [1.165, 1.54) is 24.3 Å². The smallest absolute Gasteiger partial charge is 0.271 e. The largest absolute Gasteiger partial charge is 0.277 e. The Morgan fingerprint density at radius 3 is 1.37 bits per heavy atom. The van der Waals surface area contributed by atoms with E-state index >= 15 is 0 Å². The first-order valence-electron chi connectivity index (χ1n) is 8.23. The van der Waals surface area contributed by atoms with E-state index in [1.54, 1.807) is 36.4 Å². The van der Waals surface area contributed by atoms with Crippen molar-refractivity contribution in [1.82, 2.24) is 0 Å². The fourth-order valence-electron chi connectivity index (χ4n) is 2.68. The zero-order chi connectivity index (χ0) is 21.5. The number of nitrogens with one attached hydrogen (secondary N) is 2. The van der Waals surface area contributed by atoms with Crippen LogP contribution in [0.1, 0.15) is 0 Å². The van der Waals surface area contributed by atoms with Gasteiger partial charge in [0.05, 0.1) is 20.0 Å². The van der Waals surface area contributed by atoms with E-state index in [0.29, 0.717) is 8.67 Å². The van der Waals surface area contributed by atoms with Crippen LogP contribution in [-0.4, -0.2) is 16.8 Å². The van der Waals surface area contributed by atoms with Crippen molar-refractivity contribution in [1.29, 1.82) is 0 Å². The Morgan fingerprint density at radius 2 is 1.03 bits per heavy atom. The maximum absolute atomic E-state index is 12.8. The zero-order valence-electron chi connectivity index (χ0n) is 14.8. The standard InChI is InChI=1S/C18H12Cl2N2O4S4/c19-15-5-7-17(27-15)29(23,24)21-13-9-11-3-1-2-4-12(11)10-14(13)22-30(25,26)18-8-6-16(20)28-18/h1-10,21-22H. The van der Waals surface area contributed by atoms with Crippen molar-refractivity contribution in [3.05, 3.63) is 69.3 Å². The van der Waals surface area contributed by atoms with Crippen molar-refractivity contribution in [2.24, 2.45) is 0 Å². The van der Waals surface area contributed by atoms with Crippen molar-refractivity contribution in [2.45, 2.75) is 8.42 Å². The van der Waals surface area contributed by atoms with Gasteiger partial charge in [0, 0.05) is 0 Å². The molecule has 2 heterocycles. The molecule has 4 rings (SSSR count). The molecule has 12 heteroatoms. The molecule has 6 nitrogen and oxygen atoms in total. The summed E-state index contributed by atoms with van der Waals surface area (Å²) in [7, 11) is -7.94. The normalized spacial score (nSPS) is 12.2. The van der Waals surface area contributed by atoms with Crippen LogP contribution in [0.25, 0.3) is 10.8 Å². The maximum Gasteiger partial charge on any atom is 0.271 e. The Labute approximate surface area is 191 Å². The monoisotopic (exact) mass is 518 g/mol. The average Bonchev–Trinajstić information content (AvgIpc) is 3.31. The number of fused-ring (bicyclic) bond motifs is 1. The van der Waals surface area contributed by atoms with Gasteiger partial charge in [-0.3, -0.25) is 9.44 Å². The highest BCUT2D eigenvalue weighted by Gasteiger charge is 2.22. The van der Waals surface area contributed by atoms with Gasteiger partial charge in [0.2, 0.25) is 0 Å². The molecule has 0 radical (unpaired) electrons. The number of thiophene rings is 2. The molecule has 4 aromatic rings. The van der Waals surface area contributed by atoms with Gasteiger partial charge in [-0.2, -0.15) is 0 Å². The molecule has 0 unspecified atom stereocenters. The summed E-state index contributed by atoms with van der Waals surface area (Å²) in [5, 5.41) is 1.48. The van der Waals surface area contributed by atoms with Gasteiger partial charge in [-0.15, -0.1) is 22.7 Å². The van der Waals surface area contributed by atoms with Gasteiger partial charge >= 0.3 is 0 Å². The molecule has 0 atom stereocenters. The molecule has 0 fully saturated rings. The van der Waals surface area contributed by atoms with Crippen LogP contribution >= 0.6 is 45.9 Å². The molecule has 0 aliphatic rings. The van der Waals surface area contributed by atoms with Gasteiger partial charge in [-0.05, 0) is 47.2 Å². The first-order valence-corrected chi connectivity index (χ1v) is 13.6. The summed E-state index contributed by atoms with van der Waals surface area (Å²) in [6, 6.07) is 16.1. The highest BCUT2D eigenvalue weighted by molar-refractivity contribution is 7.95. The third-order valence-corrected chi connectivity index (χ3v) is 10.2. The molecule has 30 heavy (non-hydrogen) atoms. The lowest BCUT2D eigenvalue weighted by Gasteiger charge is -2.15. The van der Waals surface area contributed by atoms with Gasteiger partial charge in [-0.1, -0.05) is 47.5 Å². The molecule has 0 amide bonds. The summed E-state index contributed by atoms with van der Waals surface area (Å²) in [4.78, 5) is 0. The lowest BCUT2D eigenvalue weighted by molar-refractivity contribution is 0.601. The number of rotatable bonds is 6. The molecule has 0 spiro atoms. The van der Waals surface area contributed by atoms with E-state index < -0.39 is 20.0 Å². The Balaban J connectivity index is 1.80. The molecule has 0 aliphatic heterocycles. The van der Waals surface area contributed by atoms with E-state index in [-0.39, 0.29) is 19.8 Å². The van der Waals surface area contributed by atoms with Crippen molar-refractivity contribution in [3.8, 4) is 0 Å². The fraction of sp³-hybridized carbons (Fsp3) is 0. The van der Waals surface area contributed by atoms with E-state index in [0.717, 1.165) is 33.4 Å². The first-order chi connectivity index (χ1) is 14.1. The minimum Gasteiger partial charge on any atom is -0.277 e. The van der Waals surface area contributed by atoms with Crippen LogP contribution in [-0.2, 0) is 20.0 Å². The van der Waals surface area contributed by atoms with Gasteiger partial charge in [-0.25, -0.2) is 16.8 Å². The number of halogens is 2. The second kappa shape index (κ2) is 8.03. The molecule has 0 bridgehead atoms. The Kier molecular flexibility index (Phi) is 5.73. The molecule has 2 aromatic carbocycles. The van der Waals surface area contributed by atoms with Crippen molar-refractivity contribution in [2.75, 3.05) is 9.44 Å².